The Morgan fingerprint density at radius 1 is 1.18 bits per heavy atom. The Bertz CT molecular complexity index is 472. The monoisotopic (exact) mass is 290 g/mol. The van der Waals surface area contributed by atoms with E-state index in [0.717, 1.165) is 15.6 Å². The van der Waals surface area contributed by atoms with Gasteiger partial charge in [-0.15, -0.1) is 0 Å². The van der Waals surface area contributed by atoms with Crippen LogP contribution in [0, 0.1) is 17.9 Å². The fourth-order valence-electron chi connectivity index (χ4n) is 1.43. The molecule has 0 N–H and O–H groups in total. The third-order valence-corrected chi connectivity index (χ3v) is 3.34. The molecule has 1 aromatic carbocycles. The Labute approximate surface area is 111 Å². The molecule has 0 spiro atoms. The fraction of sp³-hybridized carbons (Fsp3) is 0.429. The van der Waals surface area contributed by atoms with Gasteiger partial charge in [-0.2, -0.15) is 5.26 Å². The first-order valence-electron chi connectivity index (χ1n) is 5.34. The summed E-state index contributed by atoms with van der Waals surface area (Å²) < 4.78 is 0.907. The molecule has 0 aliphatic carbocycles. The van der Waals surface area contributed by atoms with Crippen LogP contribution in [-0.2, 0) is 11.0 Å². The molecule has 0 aromatic heterocycles. The summed E-state index contributed by atoms with van der Waals surface area (Å²) in [6.45, 7) is 14.7. The second-order valence-electron chi connectivity index (χ2n) is 5.14. The van der Waals surface area contributed by atoms with E-state index in [-0.39, 0.29) is 0 Å². The Kier molecular flexibility index (Phi) is 3.65. The lowest BCUT2D eigenvalue weighted by Gasteiger charge is -2.20. The third kappa shape index (κ3) is 2.87. The van der Waals surface area contributed by atoms with Crippen LogP contribution in [0.4, 0.5) is 0 Å². The van der Waals surface area contributed by atoms with Crippen LogP contribution in [0.1, 0.15) is 38.8 Å². The van der Waals surface area contributed by atoms with Crippen LogP contribution in [0.15, 0.2) is 22.7 Å². The highest BCUT2D eigenvalue weighted by Crippen LogP contribution is 2.32. The smallest absolute Gasteiger partial charge is 0.252 e. The molecule has 88 valence electrons. The second kappa shape index (κ2) is 4.51. The van der Waals surface area contributed by atoms with Crippen molar-refractivity contribution in [2.24, 2.45) is 0 Å². The summed E-state index contributed by atoms with van der Waals surface area (Å²) in [4.78, 5) is 3.63. The molecule has 1 aromatic rings. The third-order valence-electron chi connectivity index (χ3n) is 2.88. The van der Waals surface area contributed by atoms with Crippen molar-refractivity contribution >= 4 is 15.9 Å². The van der Waals surface area contributed by atoms with E-state index < -0.39 is 11.0 Å². The molecule has 0 amide bonds. The molecule has 0 heterocycles. The Balaban J connectivity index is 3.42. The minimum Gasteiger partial charge on any atom is -0.306 e. The van der Waals surface area contributed by atoms with Gasteiger partial charge in [0.05, 0.1) is 11.5 Å². The normalized spacial score (nSPS) is 11.7. The molecule has 0 aliphatic rings. The van der Waals surface area contributed by atoms with Crippen molar-refractivity contribution in [2.75, 3.05) is 0 Å². The van der Waals surface area contributed by atoms with Crippen LogP contribution < -0.4 is 0 Å². The van der Waals surface area contributed by atoms with E-state index in [1.165, 1.54) is 0 Å². The number of nitrogens with zero attached hydrogens (tertiary/aromatic N) is 2. The first kappa shape index (κ1) is 13.7. The second-order valence-corrected chi connectivity index (χ2v) is 6.05. The molecule has 0 fully saturated rings. The molecule has 0 unspecified atom stereocenters. The number of benzene rings is 1. The molecule has 0 atom stereocenters. The first-order valence-corrected chi connectivity index (χ1v) is 6.13. The molecule has 3 heteroatoms. The largest absolute Gasteiger partial charge is 0.306 e. The predicted molar refractivity (Wildman–Crippen MR) is 72.4 cm³/mol. The van der Waals surface area contributed by atoms with E-state index in [1.807, 2.05) is 45.9 Å². The van der Waals surface area contributed by atoms with Gasteiger partial charge in [-0.25, -0.2) is 6.57 Å². The topological polar surface area (TPSA) is 28.1 Å². The summed E-state index contributed by atoms with van der Waals surface area (Å²) in [5.74, 6) is 0. The molecule has 17 heavy (non-hydrogen) atoms. The SMILES string of the molecule is [C-]#[N+]C(C)(C)c1cc(Br)cc(C(C)(C)C#N)c1. The van der Waals surface area contributed by atoms with Crippen molar-refractivity contribution in [2.45, 2.75) is 38.6 Å². The van der Waals surface area contributed by atoms with Gasteiger partial charge in [-0.1, -0.05) is 15.9 Å². The molecule has 0 bridgehead atoms. The van der Waals surface area contributed by atoms with Crippen LogP contribution in [-0.4, -0.2) is 0 Å². The van der Waals surface area contributed by atoms with Crippen LogP contribution in [0.3, 0.4) is 0 Å². The van der Waals surface area contributed by atoms with Gasteiger partial charge in [-0.3, -0.25) is 0 Å². The average molecular weight is 291 g/mol. The number of nitriles is 1. The van der Waals surface area contributed by atoms with Gasteiger partial charge in [0, 0.05) is 23.9 Å². The van der Waals surface area contributed by atoms with E-state index >= 15 is 0 Å². The van der Waals surface area contributed by atoms with Crippen molar-refractivity contribution in [3.8, 4) is 6.07 Å². The highest BCUT2D eigenvalue weighted by Gasteiger charge is 2.29. The quantitative estimate of drug-likeness (QED) is 0.742. The molecule has 0 saturated carbocycles. The van der Waals surface area contributed by atoms with E-state index in [4.69, 9.17) is 11.8 Å². The molecule has 1 rings (SSSR count). The van der Waals surface area contributed by atoms with E-state index in [0.29, 0.717) is 0 Å². The van der Waals surface area contributed by atoms with Crippen molar-refractivity contribution < 1.29 is 0 Å². The minimum absolute atomic E-state index is 0.545. The predicted octanol–water partition coefficient (Wildman–Crippen LogP) is 4.40. The Morgan fingerprint density at radius 2 is 1.71 bits per heavy atom. The Hall–Kier alpha value is -1.32. The highest BCUT2D eigenvalue weighted by atomic mass is 79.9. The zero-order valence-electron chi connectivity index (χ0n) is 10.5. The fourth-order valence-corrected chi connectivity index (χ4v) is 1.93. The van der Waals surface area contributed by atoms with Gasteiger partial charge in [0.2, 0.25) is 0 Å². The highest BCUT2D eigenvalue weighted by molar-refractivity contribution is 9.10. The van der Waals surface area contributed by atoms with Crippen molar-refractivity contribution in [1.29, 1.82) is 5.26 Å². The summed E-state index contributed by atoms with van der Waals surface area (Å²) in [7, 11) is 0. The molecule has 2 nitrogen and oxygen atoms in total. The van der Waals surface area contributed by atoms with Gasteiger partial charge in [0.25, 0.3) is 5.54 Å². The summed E-state index contributed by atoms with van der Waals surface area (Å²) in [5, 5.41) is 9.16. The molecular weight excluding hydrogens is 276 g/mol. The van der Waals surface area contributed by atoms with E-state index in [1.54, 1.807) is 0 Å². The Morgan fingerprint density at radius 3 is 2.18 bits per heavy atom. The number of halogens is 1. The summed E-state index contributed by atoms with van der Waals surface area (Å²) in [5.41, 5.74) is 0.752. The summed E-state index contributed by atoms with van der Waals surface area (Å²) >= 11 is 3.44. The lowest BCUT2D eigenvalue weighted by atomic mass is 9.83. The van der Waals surface area contributed by atoms with Crippen LogP contribution in [0.2, 0.25) is 0 Å². The molecule has 0 aliphatic heterocycles. The van der Waals surface area contributed by atoms with Gasteiger partial charge in [0.15, 0.2) is 0 Å². The van der Waals surface area contributed by atoms with Crippen molar-refractivity contribution in [3.05, 3.63) is 45.2 Å². The lowest BCUT2D eigenvalue weighted by molar-refractivity contribution is 0.647. The molecular formula is C14H15BrN2. The standard InChI is InChI=1S/C14H15BrN2/c1-13(2,9-16)10-6-11(8-12(15)7-10)14(3,4)17-5/h6-8H,1-4H3. The van der Waals surface area contributed by atoms with E-state index in [2.05, 4.69) is 26.8 Å². The summed E-state index contributed by atoms with van der Waals surface area (Å²) in [6.07, 6.45) is 0. The van der Waals surface area contributed by atoms with Crippen LogP contribution in [0.25, 0.3) is 4.85 Å². The zero-order valence-corrected chi connectivity index (χ0v) is 12.1. The average Bonchev–Trinajstić information content (AvgIpc) is 2.28. The zero-order chi connectivity index (χ0) is 13.3. The van der Waals surface area contributed by atoms with Crippen LogP contribution in [0.5, 0.6) is 0 Å². The van der Waals surface area contributed by atoms with Gasteiger partial charge in [0.1, 0.15) is 0 Å². The summed E-state index contributed by atoms with van der Waals surface area (Å²) in [6, 6.07) is 8.11. The van der Waals surface area contributed by atoms with E-state index in [9.17, 15) is 0 Å². The minimum atomic E-state index is -0.565. The maximum Gasteiger partial charge on any atom is 0.252 e. The van der Waals surface area contributed by atoms with Gasteiger partial charge in [-0.05, 0) is 37.6 Å². The number of hydrogen-bond acceptors (Lipinski definition) is 1. The van der Waals surface area contributed by atoms with Crippen molar-refractivity contribution in [1.82, 2.24) is 0 Å². The van der Waals surface area contributed by atoms with Gasteiger partial charge >= 0.3 is 0 Å². The molecule has 0 radical (unpaired) electrons. The lowest BCUT2D eigenvalue weighted by Crippen LogP contribution is -2.17. The van der Waals surface area contributed by atoms with Gasteiger partial charge < -0.3 is 4.85 Å². The number of rotatable bonds is 2. The van der Waals surface area contributed by atoms with Crippen molar-refractivity contribution in [3.63, 3.8) is 0 Å². The molecule has 0 saturated heterocycles. The maximum absolute atomic E-state index is 9.16. The van der Waals surface area contributed by atoms with Crippen LogP contribution >= 0.6 is 15.9 Å². The first-order chi connectivity index (χ1) is 7.73. The maximum atomic E-state index is 9.16. The number of hydrogen-bond donors (Lipinski definition) is 0.